The van der Waals surface area contributed by atoms with Gasteiger partial charge in [0, 0.05) is 5.69 Å². The van der Waals surface area contributed by atoms with Gasteiger partial charge >= 0.3 is 0 Å². The number of aromatic nitrogens is 4. The standard InChI is InChI=1S/C12H16N6/c1-3-8-5-9(4-2)18(17-8)11-7-15-10(6-16-11)12(13)14/h5-7H,3-4H2,1-2H3,(H3,13,14). The molecule has 2 aromatic rings. The molecule has 0 saturated carbocycles. The molecule has 6 heteroatoms. The first-order valence-electron chi connectivity index (χ1n) is 5.90. The number of nitrogens with two attached hydrogens (primary N) is 1. The Bertz CT molecular complexity index is 554. The van der Waals surface area contributed by atoms with Crippen molar-refractivity contribution < 1.29 is 0 Å². The summed E-state index contributed by atoms with van der Waals surface area (Å²) in [6.45, 7) is 4.14. The van der Waals surface area contributed by atoms with Crippen molar-refractivity contribution in [2.45, 2.75) is 26.7 Å². The van der Waals surface area contributed by atoms with Crippen LogP contribution in [0.25, 0.3) is 5.82 Å². The van der Waals surface area contributed by atoms with E-state index in [2.05, 4.69) is 35.0 Å². The first-order chi connectivity index (χ1) is 8.65. The van der Waals surface area contributed by atoms with Gasteiger partial charge in [-0.2, -0.15) is 5.10 Å². The van der Waals surface area contributed by atoms with Crippen molar-refractivity contribution in [3.63, 3.8) is 0 Å². The lowest BCUT2D eigenvalue weighted by atomic mass is 10.3. The number of hydrogen-bond acceptors (Lipinski definition) is 4. The summed E-state index contributed by atoms with van der Waals surface area (Å²) in [5.41, 5.74) is 7.84. The maximum atomic E-state index is 7.28. The zero-order chi connectivity index (χ0) is 13.1. The second-order valence-corrected chi connectivity index (χ2v) is 3.92. The van der Waals surface area contributed by atoms with Crippen LogP contribution >= 0.6 is 0 Å². The summed E-state index contributed by atoms with van der Waals surface area (Å²) >= 11 is 0. The second-order valence-electron chi connectivity index (χ2n) is 3.92. The highest BCUT2D eigenvalue weighted by molar-refractivity contribution is 5.92. The van der Waals surface area contributed by atoms with Gasteiger partial charge in [0.25, 0.3) is 0 Å². The highest BCUT2D eigenvalue weighted by Crippen LogP contribution is 2.11. The van der Waals surface area contributed by atoms with Crippen LogP contribution in [0.3, 0.4) is 0 Å². The molecule has 94 valence electrons. The third kappa shape index (κ3) is 2.22. The Balaban J connectivity index is 2.41. The van der Waals surface area contributed by atoms with E-state index in [1.807, 2.05) is 0 Å². The quantitative estimate of drug-likeness (QED) is 0.621. The van der Waals surface area contributed by atoms with Gasteiger partial charge in [0.15, 0.2) is 5.82 Å². The van der Waals surface area contributed by atoms with Gasteiger partial charge in [0.05, 0.1) is 18.1 Å². The molecular formula is C12H16N6. The van der Waals surface area contributed by atoms with Gasteiger partial charge in [-0.15, -0.1) is 0 Å². The van der Waals surface area contributed by atoms with E-state index in [4.69, 9.17) is 11.1 Å². The molecule has 0 saturated heterocycles. The lowest BCUT2D eigenvalue weighted by Gasteiger charge is -2.04. The maximum Gasteiger partial charge on any atom is 0.172 e. The Morgan fingerprint density at radius 3 is 2.56 bits per heavy atom. The number of rotatable bonds is 4. The number of nitrogens with one attached hydrogen (secondary N) is 1. The second kappa shape index (κ2) is 4.95. The number of nitrogens with zero attached hydrogens (tertiary/aromatic N) is 4. The fourth-order valence-electron chi connectivity index (χ4n) is 1.67. The highest BCUT2D eigenvalue weighted by atomic mass is 15.3. The Kier molecular flexibility index (Phi) is 3.36. The van der Waals surface area contributed by atoms with Gasteiger partial charge in [-0.05, 0) is 18.9 Å². The van der Waals surface area contributed by atoms with Gasteiger partial charge in [-0.25, -0.2) is 14.6 Å². The van der Waals surface area contributed by atoms with Crippen LogP contribution in [0.1, 0.15) is 30.9 Å². The van der Waals surface area contributed by atoms with Crippen molar-refractivity contribution in [1.29, 1.82) is 5.41 Å². The van der Waals surface area contributed by atoms with E-state index in [-0.39, 0.29) is 5.84 Å². The summed E-state index contributed by atoms with van der Waals surface area (Å²) in [5, 5.41) is 11.7. The molecule has 0 spiro atoms. The first-order valence-corrected chi connectivity index (χ1v) is 5.90. The number of aryl methyl sites for hydroxylation is 2. The summed E-state index contributed by atoms with van der Waals surface area (Å²) in [7, 11) is 0. The van der Waals surface area contributed by atoms with Crippen LogP contribution in [-0.2, 0) is 12.8 Å². The summed E-state index contributed by atoms with van der Waals surface area (Å²) < 4.78 is 1.79. The van der Waals surface area contributed by atoms with E-state index < -0.39 is 0 Å². The zero-order valence-electron chi connectivity index (χ0n) is 10.5. The van der Waals surface area contributed by atoms with Crippen LogP contribution in [0.5, 0.6) is 0 Å². The molecule has 0 unspecified atom stereocenters. The van der Waals surface area contributed by atoms with Crippen molar-refractivity contribution in [2.75, 3.05) is 0 Å². The van der Waals surface area contributed by atoms with Crippen molar-refractivity contribution in [1.82, 2.24) is 19.7 Å². The van der Waals surface area contributed by atoms with Crippen LogP contribution in [0, 0.1) is 5.41 Å². The molecule has 6 nitrogen and oxygen atoms in total. The third-order valence-corrected chi connectivity index (χ3v) is 2.69. The minimum Gasteiger partial charge on any atom is -0.382 e. The largest absolute Gasteiger partial charge is 0.382 e. The van der Waals surface area contributed by atoms with Crippen LogP contribution in [0.15, 0.2) is 18.5 Å². The van der Waals surface area contributed by atoms with Crippen LogP contribution < -0.4 is 5.73 Å². The monoisotopic (exact) mass is 244 g/mol. The molecule has 0 amide bonds. The summed E-state index contributed by atoms with van der Waals surface area (Å²) in [4.78, 5) is 8.34. The lowest BCUT2D eigenvalue weighted by Crippen LogP contribution is -2.14. The molecule has 0 fully saturated rings. The normalized spacial score (nSPS) is 10.6. The SMILES string of the molecule is CCc1cc(CC)n(-c2cnc(C(=N)N)cn2)n1. The van der Waals surface area contributed by atoms with E-state index in [1.165, 1.54) is 6.20 Å². The molecule has 2 aromatic heterocycles. The van der Waals surface area contributed by atoms with E-state index >= 15 is 0 Å². The van der Waals surface area contributed by atoms with E-state index in [9.17, 15) is 0 Å². The average molecular weight is 244 g/mol. The zero-order valence-corrected chi connectivity index (χ0v) is 10.5. The highest BCUT2D eigenvalue weighted by Gasteiger charge is 2.09. The van der Waals surface area contributed by atoms with Crippen molar-refractivity contribution in [2.24, 2.45) is 5.73 Å². The van der Waals surface area contributed by atoms with E-state index in [0.717, 1.165) is 24.2 Å². The van der Waals surface area contributed by atoms with Crippen LogP contribution in [-0.4, -0.2) is 25.6 Å². The summed E-state index contributed by atoms with van der Waals surface area (Å²) in [6.07, 6.45) is 4.84. The van der Waals surface area contributed by atoms with Crippen molar-refractivity contribution >= 4 is 5.84 Å². The lowest BCUT2D eigenvalue weighted by molar-refractivity contribution is 0.766. The predicted molar refractivity (Wildman–Crippen MR) is 68.9 cm³/mol. The molecule has 0 aliphatic heterocycles. The Morgan fingerprint density at radius 1 is 1.28 bits per heavy atom. The van der Waals surface area contributed by atoms with Gasteiger partial charge in [-0.3, -0.25) is 5.41 Å². The Morgan fingerprint density at radius 2 is 2.06 bits per heavy atom. The van der Waals surface area contributed by atoms with Crippen molar-refractivity contribution in [3.8, 4) is 5.82 Å². The minimum absolute atomic E-state index is 0.0838. The Hall–Kier alpha value is -2.24. The van der Waals surface area contributed by atoms with Gasteiger partial charge < -0.3 is 5.73 Å². The molecule has 2 rings (SSSR count). The van der Waals surface area contributed by atoms with E-state index in [0.29, 0.717) is 11.5 Å². The molecule has 0 bridgehead atoms. The smallest absolute Gasteiger partial charge is 0.172 e. The fraction of sp³-hybridized carbons (Fsp3) is 0.333. The number of nitrogen functional groups attached to an aromatic ring is 1. The van der Waals surface area contributed by atoms with Crippen LogP contribution in [0.2, 0.25) is 0 Å². The molecule has 0 aliphatic rings. The number of amidine groups is 1. The average Bonchev–Trinajstić information content (AvgIpc) is 2.82. The van der Waals surface area contributed by atoms with Gasteiger partial charge in [0.2, 0.25) is 0 Å². The van der Waals surface area contributed by atoms with Crippen molar-refractivity contribution in [3.05, 3.63) is 35.5 Å². The molecule has 18 heavy (non-hydrogen) atoms. The summed E-state index contributed by atoms with van der Waals surface area (Å²) in [6, 6.07) is 2.07. The third-order valence-electron chi connectivity index (χ3n) is 2.69. The molecule has 0 aliphatic carbocycles. The van der Waals surface area contributed by atoms with Gasteiger partial charge in [-0.1, -0.05) is 13.8 Å². The first kappa shape index (κ1) is 12.2. The Labute approximate surface area is 105 Å². The molecular weight excluding hydrogens is 228 g/mol. The topological polar surface area (TPSA) is 93.5 Å². The van der Waals surface area contributed by atoms with E-state index in [1.54, 1.807) is 10.9 Å². The molecule has 2 heterocycles. The minimum atomic E-state index is -0.0838. The molecule has 0 radical (unpaired) electrons. The fourth-order valence-corrected chi connectivity index (χ4v) is 1.67. The molecule has 3 N–H and O–H groups in total. The molecule has 0 aromatic carbocycles. The van der Waals surface area contributed by atoms with Gasteiger partial charge in [0.1, 0.15) is 11.5 Å². The molecule has 0 atom stereocenters. The van der Waals surface area contributed by atoms with Crippen LogP contribution in [0.4, 0.5) is 0 Å². The number of hydrogen-bond donors (Lipinski definition) is 2. The predicted octanol–water partition coefficient (Wildman–Crippen LogP) is 1.07. The summed E-state index contributed by atoms with van der Waals surface area (Å²) in [5.74, 6) is 0.566. The maximum absolute atomic E-state index is 7.28.